The van der Waals surface area contributed by atoms with Gasteiger partial charge in [-0.3, -0.25) is 15.0 Å². The quantitative estimate of drug-likeness (QED) is 0.411. The molecule has 0 saturated carbocycles. The predicted octanol–water partition coefficient (Wildman–Crippen LogP) is 5.63. The Morgan fingerprint density at radius 1 is 0.931 bits per heavy atom. The summed E-state index contributed by atoms with van der Waals surface area (Å²) in [5.74, 6) is 0. The molecule has 2 heterocycles. The van der Waals surface area contributed by atoms with Crippen LogP contribution in [0.25, 0.3) is 38.8 Å². The van der Waals surface area contributed by atoms with Crippen LogP contribution in [0.5, 0.6) is 0 Å². The Balaban J connectivity index is 1.88. The van der Waals surface area contributed by atoms with Gasteiger partial charge in [0, 0.05) is 23.1 Å². The van der Waals surface area contributed by atoms with E-state index in [2.05, 4.69) is 36.2 Å². The molecule has 0 aliphatic carbocycles. The maximum Gasteiger partial charge on any atom is 0.207 e. The van der Waals surface area contributed by atoms with Gasteiger partial charge in [-0.2, -0.15) is 0 Å². The average Bonchev–Trinajstić information content (AvgIpc) is 2.99. The van der Waals surface area contributed by atoms with Gasteiger partial charge in [0.05, 0.1) is 22.7 Å². The summed E-state index contributed by atoms with van der Waals surface area (Å²) in [6, 6.07) is 22.3. The Morgan fingerprint density at radius 3 is 2.45 bits per heavy atom. The maximum atomic E-state index is 8.73. The summed E-state index contributed by atoms with van der Waals surface area (Å²) in [4.78, 5) is 4.65. The third-order valence-electron chi connectivity index (χ3n) is 5.37. The summed E-state index contributed by atoms with van der Waals surface area (Å²) in [6.45, 7) is 2.07. The lowest BCUT2D eigenvalue weighted by Crippen LogP contribution is -2.21. The predicted molar refractivity (Wildman–Crippen MR) is 119 cm³/mol. The molecule has 0 bridgehead atoms. The van der Waals surface area contributed by atoms with E-state index in [0.29, 0.717) is 5.62 Å². The van der Waals surface area contributed by atoms with Gasteiger partial charge >= 0.3 is 0 Å². The first kappa shape index (κ1) is 17.7. The molecule has 0 atom stereocenters. The van der Waals surface area contributed by atoms with E-state index < -0.39 is 0 Å². The van der Waals surface area contributed by atoms with Crippen molar-refractivity contribution < 1.29 is 0 Å². The number of nitrogens with one attached hydrogen (secondary N) is 1. The Kier molecular flexibility index (Phi) is 4.03. The summed E-state index contributed by atoms with van der Waals surface area (Å²) in [7, 11) is 1.91. The summed E-state index contributed by atoms with van der Waals surface area (Å²) >= 11 is 6.06. The minimum Gasteiger partial charge on any atom is -0.312 e. The second-order valence-electron chi connectivity index (χ2n) is 7.29. The summed E-state index contributed by atoms with van der Waals surface area (Å²) in [5, 5.41) is 10.5. The van der Waals surface area contributed by atoms with Crippen molar-refractivity contribution in [2.45, 2.75) is 6.92 Å². The molecule has 0 radical (unpaired) electrons. The molecule has 2 aromatic heterocycles. The zero-order chi connectivity index (χ0) is 20.1. The molecular weight excluding hydrogens is 380 g/mol. The molecule has 5 heteroatoms. The van der Waals surface area contributed by atoms with Crippen molar-refractivity contribution in [3.8, 4) is 16.8 Å². The van der Waals surface area contributed by atoms with E-state index in [9.17, 15) is 0 Å². The second kappa shape index (κ2) is 6.61. The normalized spacial score (nSPS) is 11.4. The highest BCUT2D eigenvalue weighted by Crippen LogP contribution is 2.30. The van der Waals surface area contributed by atoms with Crippen LogP contribution >= 0.6 is 11.6 Å². The minimum absolute atomic E-state index is 0.414. The van der Waals surface area contributed by atoms with E-state index in [1.165, 1.54) is 0 Å². The zero-order valence-electron chi connectivity index (χ0n) is 16.1. The van der Waals surface area contributed by atoms with Gasteiger partial charge in [-0.25, -0.2) is 0 Å². The van der Waals surface area contributed by atoms with Gasteiger partial charge in [-0.05, 0) is 60.0 Å². The molecule has 0 saturated heterocycles. The molecule has 0 fully saturated rings. The Labute approximate surface area is 173 Å². The molecule has 29 heavy (non-hydrogen) atoms. The van der Waals surface area contributed by atoms with Gasteiger partial charge < -0.3 is 4.57 Å². The summed E-state index contributed by atoms with van der Waals surface area (Å²) in [5.41, 5.74) is 7.56. The number of aryl methyl sites for hydroxylation is 2. The maximum absolute atomic E-state index is 8.73. The topological polar surface area (TPSA) is 46.6 Å². The Hall–Kier alpha value is -3.37. The van der Waals surface area contributed by atoms with Crippen LogP contribution in [0.2, 0.25) is 5.02 Å². The van der Waals surface area contributed by atoms with Gasteiger partial charge in [0.25, 0.3) is 0 Å². The number of benzene rings is 3. The van der Waals surface area contributed by atoms with Crippen molar-refractivity contribution in [2.24, 2.45) is 7.05 Å². The summed E-state index contributed by atoms with van der Waals surface area (Å²) in [6.07, 6.45) is 1.85. The van der Waals surface area contributed by atoms with E-state index in [-0.39, 0.29) is 0 Å². The monoisotopic (exact) mass is 398 g/mol. The lowest BCUT2D eigenvalue weighted by molar-refractivity contribution is 0.787. The number of imidazole rings is 1. The highest BCUT2D eigenvalue weighted by molar-refractivity contribution is 6.30. The molecule has 0 aliphatic heterocycles. The number of hydrogen-bond donors (Lipinski definition) is 1. The van der Waals surface area contributed by atoms with Crippen LogP contribution in [-0.4, -0.2) is 14.1 Å². The molecule has 0 spiro atoms. The minimum atomic E-state index is 0.414. The van der Waals surface area contributed by atoms with Gasteiger partial charge in [-0.15, -0.1) is 0 Å². The molecule has 0 amide bonds. The number of halogens is 1. The summed E-state index contributed by atoms with van der Waals surface area (Å²) < 4.78 is 3.87. The molecule has 5 aromatic rings. The van der Waals surface area contributed by atoms with Crippen LogP contribution < -0.4 is 5.62 Å². The number of hydrogen-bond acceptors (Lipinski definition) is 2. The smallest absolute Gasteiger partial charge is 0.207 e. The van der Waals surface area contributed by atoms with Crippen LogP contribution in [0.15, 0.2) is 72.9 Å². The number of nitrogens with zero attached hydrogens (tertiary/aromatic N) is 3. The first-order chi connectivity index (χ1) is 14.0. The first-order valence-electron chi connectivity index (χ1n) is 9.41. The van der Waals surface area contributed by atoms with E-state index >= 15 is 0 Å². The third kappa shape index (κ3) is 2.84. The van der Waals surface area contributed by atoms with Gasteiger partial charge in [-0.1, -0.05) is 41.9 Å². The van der Waals surface area contributed by atoms with Crippen molar-refractivity contribution in [3.63, 3.8) is 0 Å². The first-order valence-corrected chi connectivity index (χ1v) is 9.78. The van der Waals surface area contributed by atoms with Crippen molar-refractivity contribution in [1.82, 2.24) is 14.1 Å². The highest BCUT2D eigenvalue weighted by Gasteiger charge is 2.15. The molecule has 5 rings (SSSR count). The number of fused-ring (bicyclic) bond motifs is 3. The molecule has 1 N–H and O–H groups in total. The lowest BCUT2D eigenvalue weighted by atomic mass is 10.0. The van der Waals surface area contributed by atoms with E-state index in [0.717, 1.165) is 49.3 Å². The van der Waals surface area contributed by atoms with Crippen LogP contribution in [0, 0.1) is 12.3 Å². The fourth-order valence-electron chi connectivity index (χ4n) is 3.86. The van der Waals surface area contributed by atoms with Crippen LogP contribution in [0.1, 0.15) is 5.56 Å². The fraction of sp³-hybridized carbons (Fsp3) is 0.0833. The van der Waals surface area contributed by atoms with E-state index in [1.807, 2.05) is 64.8 Å². The van der Waals surface area contributed by atoms with Gasteiger partial charge in [0.2, 0.25) is 5.62 Å². The molecule has 4 nitrogen and oxygen atoms in total. The van der Waals surface area contributed by atoms with Crippen LogP contribution in [-0.2, 0) is 7.05 Å². The standard InChI is InChI=1S/C24H19ClN4/c1-15-4-3-5-19(12-15)29-23-20-13-17(16-6-9-18(25)10-7-16)8-11-21(20)27-14-22(23)28(2)24(29)26/h3-14,26H,1-2H3. The highest BCUT2D eigenvalue weighted by atomic mass is 35.5. The largest absolute Gasteiger partial charge is 0.312 e. The molecule has 3 aromatic carbocycles. The van der Waals surface area contributed by atoms with Gasteiger partial charge in [0.1, 0.15) is 0 Å². The van der Waals surface area contributed by atoms with Crippen molar-refractivity contribution in [2.75, 3.05) is 0 Å². The number of rotatable bonds is 2. The molecule has 142 valence electrons. The van der Waals surface area contributed by atoms with Gasteiger partial charge in [0.15, 0.2) is 0 Å². The third-order valence-corrected chi connectivity index (χ3v) is 5.62. The molecular formula is C24H19ClN4. The van der Waals surface area contributed by atoms with Crippen molar-refractivity contribution in [1.29, 1.82) is 5.41 Å². The SMILES string of the molecule is Cc1cccc(-n2c(=N)n(C)c3cnc4ccc(-c5ccc(Cl)cc5)cc4c32)c1. The Morgan fingerprint density at radius 2 is 1.69 bits per heavy atom. The fourth-order valence-corrected chi connectivity index (χ4v) is 3.98. The lowest BCUT2D eigenvalue weighted by Gasteiger charge is -2.09. The molecule has 0 unspecified atom stereocenters. The van der Waals surface area contributed by atoms with Crippen LogP contribution in [0.3, 0.4) is 0 Å². The average molecular weight is 399 g/mol. The number of pyridine rings is 1. The van der Waals surface area contributed by atoms with Crippen molar-refractivity contribution >= 4 is 33.5 Å². The second-order valence-corrected chi connectivity index (χ2v) is 7.72. The van der Waals surface area contributed by atoms with E-state index in [1.54, 1.807) is 0 Å². The zero-order valence-corrected chi connectivity index (χ0v) is 16.9. The van der Waals surface area contributed by atoms with Crippen molar-refractivity contribution in [3.05, 3.63) is 89.1 Å². The van der Waals surface area contributed by atoms with E-state index in [4.69, 9.17) is 17.0 Å². The van der Waals surface area contributed by atoms with Crippen LogP contribution in [0.4, 0.5) is 0 Å². The number of aromatic nitrogens is 3. The molecule has 0 aliphatic rings. The Bertz CT molecular complexity index is 1440.